The Balaban J connectivity index is 0.843. The van der Waals surface area contributed by atoms with Crippen molar-refractivity contribution in [2.75, 3.05) is 30.4 Å². The number of carbonyl (C=O) groups is 7. The number of allylic oxidation sites excluding steroid dienone is 4. The van der Waals surface area contributed by atoms with Crippen LogP contribution in [0.3, 0.4) is 0 Å². The molecular weight excluding hydrogens is 929 g/mol. The van der Waals surface area contributed by atoms with E-state index in [-0.39, 0.29) is 43.0 Å². The zero-order valence-corrected chi connectivity index (χ0v) is 39.3. The summed E-state index contributed by atoms with van der Waals surface area (Å²) in [6, 6.07) is 12.2. The third-order valence-corrected chi connectivity index (χ3v) is 15.7. The van der Waals surface area contributed by atoms with Crippen LogP contribution in [0.25, 0.3) is 0 Å². The summed E-state index contributed by atoms with van der Waals surface area (Å²) in [6.07, 6.45) is 5.85. The van der Waals surface area contributed by atoms with Crippen LogP contribution in [-0.2, 0) is 60.8 Å². The molecule has 3 aromatic rings. The normalized spacial score (nSPS) is 28.8. The summed E-state index contributed by atoms with van der Waals surface area (Å²) in [4.78, 5) is 96.7. The van der Waals surface area contributed by atoms with Crippen molar-refractivity contribution in [3.8, 4) is 0 Å². The van der Waals surface area contributed by atoms with Crippen LogP contribution in [0.2, 0.25) is 0 Å². The summed E-state index contributed by atoms with van der Waals surface area (Å²) in [6.45, 7) is 2.26. The molecule has 1 aliphatic heterocycles. The molecule has 1 saturated heterocycles. The van der Waals surface area contributed by atoms with Gasteiger partial charge in [-0.15, -0.1) is 11.3 Å². The van der Waals surface area contributed by atoms with Crippen molar-refractivity contribution < 1.29 is 67.9 Å². The molecule has 70 heavy (non-hydrogen) atoms. The van der Waals surface area contributed by atoms with Gasteiger partial charge in [0.05, 0.1) is 28.6 Å². The number of nitrogens with zero attached hydrogens (tertiary/aromatic N) is 1. The monoisotopic (exact) mass is 984 g/mol. The van der Waals surface area contributed by atoms with Gasteiger partial charge in [0.1, 0.15) is 25.9 Å². The third kappa shape index (κ3) is 10.0. The lowest BCUT2D eigenvalue weighted by Gasteiger charge is -2.59. The average molecular weight is 985 g/mol. The Hall–Kier alpha value is -6.20. The highest BCUT2D eigenvalue weighted by Gasteiger charge is 2.76. The Morgan fingerprint density at radius 1 is 1.03 bits per heavy atom. The van der Waals surface area contributed by atoms with Gasteiger partial charge < -0.3 is 45.5 Å². The van der Waals surface area contributed by atoms with Crippen LogP contribution in [0, 0.1) is 28.6 Å². The van der Waals surface area contributed by atoms with E-state index in [4.69, 9.17) is 25.2 Å². The van der Waals surface area contributed by atoms with Gasteiger partial charge in [0, 0.05) is 47.2 Å². The van der Waals surface area contributed by atoms with E-state index in [0.29, 0.717) is 41.1 Å². The minimum Gasteiger partial charge on any atom is -0.481 e. The summed E-state index contributed by atoms with van der Waals surface area (Å²) in [5.74, 6) is 0.919. The number of carbonyl (C=O) groups excluding carboxylic acids is 6. The van der Waals surface area contributed by atoms with E-state index in [1.807, 2.05) is 19.1 Å². The number of thiazole rings is 1. The minimum absolute atomic E-state index is 0.0350. The van der Waals surface area contributed by atoms with Crippen molar-refractivity contribution in [1.82, 2.24) is 15.6 Å². The van der Waals surface area contributed by atoms with Crippen LogP contribution in [0.1, 0.15) is 79.7 Å². The van der Waals surface area contributed by atoms with E-state index in [9.17, 15) is 43.8 Å². The average Bonchev–Trinajstić information content (AvgIpc) is 4.02. The van der Waals surface area contributed by atoms with E-state index in [2.05, 4.69) is 38.0 Å². The molecule has 4 amide bonds. The second kappa shape index (κ2) is 20.6. The summed E-state index contributed by atoms with van der Waals surface area (Å²) in [5, 5.41) is 42.2. The number of ketones is 2. The molecule has 4 aliphatic carbocycles. The molecule has 0 unspecified atom stereocenters. The number of anilines is 2. The molecule has 2 heterocycles. The SMILES string of the molecule is C[C@]12C=CC(=O)C=C1CC[C@@H]1[C@@H]2[C@@H](O)C[C@@]2(C)[C@H]1C[C@H]1O[C@H](c3cnc(Cc4cccc(NC(=O)OCc5ccc(NC(=O)[C@H](CCC(=O)O)NC(=O)CNC(=O)CON)cc5)c4)s3)O[C@]12C(=O)CO. The van der Waals surface area contributed by atoms with Crippen LogP contribution in [0.15, 0.2) is 78.5 Å². The standard InChI is InChI=1S/C49H56N6O14S/c1-47-15-14-31(57)18-28(47)8-11-32-33-19-38-49(37(59)23-56,48(33,2)20-35(58)43(32)47)69-45(68-38)36-21-52-41(70-36)17-27-4-3-5-30(16-27)54-46(65)66-24-26-6-9-29(10-7-26)53-44(64)34(12-13-42(62)63)55-39(60)22-51-40(61)25-67-50/h3-7,9-10,14-16,18,21,32-35,38,43,45,56,58H,8,11-13,17,19-20,22-25,50H2,1-2H3,(H,51,61)(H,53,64)(H,54,65)(H,55,60)(H,62,63)/t32-,33-,34-,35-,38+,43+,45-,47-,48-,49+/m0/s1. The van der Waals surface area contributed by atoms with Crippen LogP contribution in [0.4, 0.5) is 16.2 Å². The van der Waals surface area contributed by atoms with Gasteiger partial charge >= 0.3 is 12.1 Å². The molecule has 0 radical (unpaired) electrons. The Morgan fingerprint density at radius 3 is 2.56 bits per heavy atom. The Morgan fingerprint density at radius 2 is 1.81 bits per heavy atom. The number of rotatable bonds is 18. The molecule has 20 nitrogen and oxygen atoms in total. The fourth-order valence-corrected chi connectivity index (χ4v) is 12.5. The van der Waals surface area contributed by atoms with Gasteiger partial charge in [-0.3, -0.25) is 38.9 Å². The molecule has 5 aliphatic rings. The Kier molecular flexibility index (Phi) is 14.8. The summed E-state index contributed by atoms with van der Waals surface area (Å²) in [5.41, 5.74) is 0.449. The minimum atomic E-state index is -1.48. The maximum absolute atomic E-state index is 14.0. The second-order valence-electron chi connectivity index (χ2n) is 18.9. The summed E-state index contributed by atoms with van der Waals surface area (Å²) < 4.78 is 18.8. The van der Waals surface area contributed by atoms with Gasteiger partial charge in [-0.1, -0.05) is 49.8 Å². The van der Waals surface area contributed by atoms with Gasteiger partial charge in [-0.2, -0.15) is 0 Å². The molecule has 4 fully saturated rings. The van der Waals surface area contributed by atoms with E-state index in [0.717, 1.165) is 22.6 Å². The van der Waals surface area contributed by atoms with Crippen molar-refractivity contribution >= 4 is 64.1 Å². The highest BCUT2D eigenvalue weighted by Crippen LogP contribution is 2.70. The number of aliphatic carboxylic acids is 1. The van der Waals surface area contributed by atoms with Crippen molar-refractivity contribution in [3.05, 3.63) is 99.5 Å². The number of hydrogen-bond donors (Lipinski definition) is 8. The molecule has 21 heteroatoms. The molecule has 0 spiro atoms. The van der Waals surface area contributed by atoms with E-state index in [1.165, 1.54) is 11.3 Å². The van der Waals surface area contributed by atoms with Crippen LogP contribution >= 0.6 is 11.3 Å². The lowest BCUT2D eigenvalue weighted by molar-refractivity contribution is -0.200. The predicted molar refractivity (Wildman–Crippen MR) is 249 cm³/mol. The van der Waals surface area contributed by atoms with Gasteiger partial charge in [0.2, 0.25) is 17.7 Å². The number of ether oxygens (including phenoxy) is 3. The summed E-state index contributed by atoms with van der Waals surface area (Å²) >= 11 is 1.36. The molecule has 372 valence electrons. The molecule has 1 aromatic heterocycles. The zero-order valence-electron chi connectivity index (χ0n) is 38.5. The number of fused-ring (bicyclic) bond motifs is 7. The van der Waals surface area contributed by atoms with E-state index < -0.39 is 103 Å². The number of amides is 4. The lowest BCUT2D eigenvalue weighted by atomic mass is 9.46. The first kappa shape index (κ1) is 50.2. The van der Waals surface area contributed by atoms with Crippen molar-refractivity contribution in [1.29, 1.82) is 0 Å². The lowest BCUT2D eigenvalue weighted by Crippen LogP contribution is -2.63. The fraction of sp³-hybridized carbons (Fsp3) is 0.469. The number of carboxylic acids is 1. The van der Waals surface area contributed by atoms with Gasteiger partial charge in [-0.05, 0) is 91.5 Å². The molecule has 10 atom stereocenters. The number of hydrogen-bond acceptors (Lipinski definition) is 16. The first-order valence-corrected chi connectivity index (χ1v) is 23.8. The van der Waals surface area contributed by atoms with Crippen molar-refractivity contribution in [3.63, 3.8) is 0 Å². The molecular formula is C49H56N6O14S. The zero-order chi connectivity index (χ0) is 50.0. The fourth-order valence-electron chi connectivity index (χ4n) is 11.6. The Bertz CT molecular complexity index is 2600. The number of benzene rings is 2. The van der Waals surface area contributed by atoms with Gasteiger partial charge in [0.25, 0.3) is 0 Å². The first-order valence-electron chi connectivity index (χ1n) is 23.0. The number of Topliss-reactive ketones (excluding diaryl/α,β-unsaturated/α-hetero) is 1. The number of aromatic nitrogens is 1. The Labute approximate surface area is 406 Å². The molecule has 8 rings (SSSR count). The van der Waals surface area contributed by atoms with Crippen LogP contribution in [0.5, 0.6) is 0 Å². The quantitative estimate of drug-likeness (QED) is 0.0848. The molecule has 0 bridgehead atoms. The van der Waals surface area contributed by atoms with Crippen molar-refractivity contribution in [2.45, 2.75) is 95.5 Å². The topological polar surface area (TPSA) is 304 Å². The second-order valence-corrected chi connectivity index (χ2v) is 20.0. The predicted octanol–water partition coefficient (Wildman–Crippen LogP) is 3.38. The molecule has 3 saturated carbocycles. The summed E-state index contributed by atoms with van der Waals surface area (Å²) in [7, 11) is 0. The largest absolute Gasteiger partial charge is 0.481 e. The van der Waals surface area contributed by atoms with Gasteiger partial charge in [0.15, 0.2) is 23.5 Å². The number of aliphatic hydroxyl groups is 2. The smallest absolute Gasteiger partial charge is 0.411 e. The number of aliphatic hydroxyl groups excluding tert-OH is 2. The maximum Gasteiger partial charge on any atom is 0.411 e. The molecule has 9 N–H and O–H groups in total. The first-order chi connectivity index (χ1) is 33.5. The van der Waals surface area contributed by atoms with Crippen LogP contribution < -0.4 is 27.2 Å². The number of nitrogens with one attached hydrogen (secondary N) is 4. The number of nitrogens with two attached hydrogens (primary N) is 1. The van der Waals surface area contributed by atoms with Crippen LogP contribution in [-0.4, -0.2) is 105 Å². The van der Waals surface area contributed by atoms with E-state index in [1.54, 1.807) is 60.8 Å². The third-order valence-electron chi connectivity index (χ3n) is 14.7. The van der Waals surface area contributed by atoms with E-state index >= 15 is 0 Å². The van der Waals surface area contributed by atoms with Crippen molar-refractivity contribution in [2.24, 2.45) is 34.5 Å². The highest BCUT2D eigenvalue weighted by atomic mass is 32.1. The maximum atomic E-state index is 14.0. The number of carboxylic acid groups (broad SMARTS) is 1. The molecule has 2 aromatic carbocycles. The van der Waals surface area contributed by atoms with Gasteiger partial charge in [-0.25, -0.2) is 15.7 Å². The highest BCUT2D eigenvalue weighted by molar-refractivity contribution is 7.11.